The maximum absolute atomic E-state index is 12.5. The number of sulfonamides is 1. The molecule has 3 aromatic carbocycles. The Morgan fingerprint density at radius 3 is 2.39 bits per heavy atom. The molecule has 1 unspecified atom stereocenters. The smallest absolute Gasteiger partial charge is 0.411 e. The van der Waals surface area contributed by atoms with Crippen molar-refractivity contribution in [3.63, 3.8) is 0 Å². The molecule has 0 aliphatic heterocycles. The number of nitrogens with zero attached hydrogens (tertiary/aromatic N) is 1. The predicted molar refractivity (Wildman–Crippen MR) is 157 cm³/mol. The quantitative estimate of drug-likeness (QED) is 0.127. The third kappa shape index (κ3) is 6.90. The van der Waals surface area contributed by atoms with Gasteiger partial charge in [0.15, 0.2) is 0 Å². The molecule has 2 heterocycles. The molecule has 0 aliphatic carbocycles. The minimum atomic E-state index is -3.64. The van der Waals surface area contributed by atoms with E-state index in [1.807, 2.05) is 12.3 Å². The highest BCUT2D eigenvalue weighted by Gasteiger charge is 2.20. The second-order valence-electron chi connectivity index (χ2n) is 9.12. The molecule has 6 N–H and O–H groups in total. The van der Waals surface area contributed by atoms with Crippen LogP contribution in [-0.2, 0) is 21.2 Å². The van der Waals surface area contributed by atoms with Crippen LogP contribution < -0.4 is 15.8 Å². The number of carbonyl (C=O) groups excluding carboxylic acids is 1. The Labute approximate surface area is 236 Å². The van der Waals surface area contributed by atoms with E-state index in [4.69, 9.17) is 5.73 Å². The van der Waals surface area contributed by atoms with Gasteiger partial charge >= 0.3 is 6.09 Å². The van der Waals surface area contributed by atoms with Gasteiger partial charge in [-0.2, -0.15) is 0 Å². The van der Waals surface area contributed by atoms with Gasteiger partial charge in [0.25, 0.3) is 5.69 Å². The summed E-state index contributed by atoms with van der Waals surface area (Å²) < 4.78 is 32.3. The van der Waals surface area contributed by atoms with Crippen LogP contribution in [0.4, 0.5) is 16.2 Å². The molecule has 0 fully saturated rings. The molecule has 0 saturated heterocycles. The number of nitro groups is 1. The monoisotopic (exact) mass is 578 g/mol. The number of anilines is 1. The first-order valence-corrected chi connectivity index (χ1v) is 14.1. The number of non-ortho nitro benzene ring substituents is 1. The third-order valence-electron chi connectivity index (χ3n) is 6.37. The zero-order chi connectivity index (χ0) is 29.6. The van der Waals surface area contributed by atoms with Crippen molar-refractivity contribution >= 4 is 49.3 Å². The number of carbonyl (C=O) groups is 1. The molecule has 214 valence electrons. The van der Waals surface area contributed by atoms with Gasteiger partial charge in [-0.1, -0.05) is 18.2 Å². The lowest BCUT2D eigenvalue weighted by molar-refractivity contribution is -0.384. The number of H-pyrrole nitrogens is 2. The standard InChI is InChI=1S/C18H19N3O4S.C10H11N3O2/c1-12(21-26(23,24)14-6-4-3-5-7-14)16-11-19-17-9-8-13(10-15(16)17)20-18(22)25-2;11-4-3-7-6-12-10-2-1-8(13(14)15)5-9(7)10/h3-12,19,21H,1-2H3,(H,20,22);1-2,5-6,12H,3-4,11H2. The molecule has 0 bridgehead atoms. The average molecular weight is 579 g/mol. The van der Waals surface area contributed by atoms with E-state index in [2.05, 4.69) is 24.7 Å². The van der Waals surface area contributed by atoms with Gasteiger partial charge in [0.1, 0.15) is 0 Å². The molecule has 41 heavy (non-hydrogen) atoms. The number of aromatic amines is 2. The highest BCUT2D eigenvalue weighted by molar-refractivity contribution is 7.89. The summed E-state index contributed by atoms with van der Waals surface area (Å²) in [7, 11) is -2.35. The first-order chi connectivity index (χ1) is 19.6. The summed E-state index contributed by atoms with van der Waals surface area (Å²) in [5.74, 6) is 0. The maximum atomic E-state index is 12.5. The molecule has 5 rings (SSSR count). The molecular weight excluding hydrogens is 548 g/mol. The normalized spacial score (nSPS) is 12.0. The van der Waals surface area contributed by atoms with Gasteiger partial charge in [-0.3, -0.25) is 15.4 Å². The fraction of sp³-hybridized carbons (Fsp3) is 0.179. The van der Waals surface area contributed by atoms with Crippen LogP contribution in [0.5, 0.6) is 0 Å². The van der Waals surface area contributed by atoms with E-state index >= 15 is 0 Å². The summed E-state index contributed by atoms with van der Waals surface area (Å²) in [6, 6.07) is 17.8. The van der Waals surface area contributed by atoms with Crippen LogP contribution in [0, 0.1) is 10.1 Å². The minimum absolute atomic E-state index is 0.111. The summed E-state index contributed by atoms with van der Waals surface area (Å²) in [5.41, 5.74) is 9.67. The van der Waals surface area contributed by atoms with Crippen LogP contribution in [0.25, 0.3) is 21.8 Å². The fourth-order valence-corrected chi connectivity index (χ4v) is 5.60. The second kappa shape index (κ2) is 12.6. The van der Waals surface area contributed by atoms with Crippen LogP contribution in [0.1, 0.15) is 24.1 Å². The summed E-state index contributed by atoms with van der Waals surface area (Å²) in [6.45, 7) is 2.30. The van der Waals surface area contributed by atoms with Crippen molar-refractivity contribution in [3.05, 3.63) is 100 Å². The Morgan fingerprint density at radius 2 is 1.71 bits per heavy atom. The number of aromatic nitrogens is 2. The van der Waals surface area contributed by atoms with Gasteiger partial charge in [-0.25, -0.2) is 17.9 Å². The lowest BCUT2D eigenvalue weighted by Gasteiger charge is -2.14. The van der Waals surface area contributed by atoms with E-state index in [-0.39, 0.29) is 10.6 Å². The Balaban J connectivity index is 0.000000218. The van der Waals surface area contributed by atoms with Gasteiger partial charge in [-0.05, 0) is 67.4 Å². The number of nitrogens with two attached hydrogens (primary N) is 1. The van der Waals surface area contributed by atoms with E-state index in [0.29, 0.717) is 12.2 Å². The Hall–Kier alpha value is -4.72. The van der Waals surface area contributed by atoms with Gasteiger partial charge in [0.05, 0.1) is 16.9 Å². The molecule has 0 radical (unpaired) electrons. The van der Waals surface area contributed by atoms with E-state index < -0.39 is 27.1 Å². The first-order valence-electron chi connectivity index (χ1n) is 12.6. The molecule has 12 nitrogen and oxygen atoms in total. The zero-order valence-electron chi connectivity index (χ0n) is 22.4. The number of nitro benzene ring substituents is 1. The number of hydrogen-bond donors (Lipinski definition) is 5. The lowest BCUT2D eigenvalue weighted by Crippen LogP contribution is -2.26. The van der Waals surface area contributed by atoms with Crippen LogP contribution >= 0.6 is 0 Å². The van der Waals surface area contributed by atoms with Crippen molar-refractivity contribution in [2.24, 2.45) is 5.73 Å². The molecule has 0 aliphatic rings. The van der Waals surface area contributed by atoms with Crippen LogP contribution in [0.2, 0.25) is 0 Å². The summed E-state index contributed by atoms with van der Waals surface area (Å²) >= 11 is 0. The summed E-state index contributed by atoms with van der Waals surface area (Å²) in [6.07, 6.45) is 3.76. The summed E-state index contributed by atoms with van der Waals surface area (Å²) in [4.78, 5) is 28.0. The van der Waals surface area contributed by atoms with Gasteiger partial charge in [-0.15, -0.1) is 0 Å². The van der Waals surface area contributed by atoms with Crippen LogP contribution in [-0.4, -0.2) is 43.1 Å². The molecule has 1 atom stereocenters. The molecular formula is C28H30N6O6S. The van der Waals surface area contributed by atoms with E-state index in [1.165, 1.54) is 13.2 Å². The Kier molecular flexibility index (Phi) is 9.02. The number of hydrogen-bond acceptors (Lipinski definition) is 7. The number of fused-ring (bicyclic) bond motifs is 2. The van der Waals surface area contributed by atoms with Gasteiger partial charge < -0.3 is 20.4 Å². The zero-order valence-corrected chi connectivity index (χ0v) is 23.2. The Morgan fingerprint density at radius 1 is 1.02 bits per heavy atom. The summed E-state index contributed by atoms with van der Waals surface area (Å²) in [5, 5.41) is 14.9. The highest BCUT2D eigenvalue weighted by Crippen LogP contribution is 2.28. The highest BCUT2D eigenvalue weighted by atomic mass is 32.2. The van der Waals surface area contributed by atoms with Gasteiger partial charge in [0.2, 0.25) is 10.0 Å². The lowest BCUT2D eigenvalue weighted by atomic mass is 10.1. The number of benzene rings is 3. The van der Waals surface area contributed by atoms with Crippen molar-refractivity contribution in [1.29, 1.82) is 0 Å². The number of rotatable bonds is 8. The molecule has 0 spiro atoms. The molecule has 1 amide bonds. The number of ether oxygens (including phenoxy) is 1. The first kappa shape index (κ1) is 29.3. The number of nitrogens with one attached hydrogen (secondary N) is 4. The molecule has 0 saturated carbocycles. The second-order valence-corrected chi connectivity index (χ2v) is 10.8. The third-order valence-corrected chi connectivity index (χ3v) is 7.93. The number of amides is 1. The van der Waals surface area contributed by atoms with E-state index in [0.717, 1.165) is 39.4 Å². The maximum Gasteiger partial charge on any atom is 0.411 e. The van der Waals surface area contributed by atoms with Gasteiger partial charge in [0, 0.05) is 58.1 Å². The van der Waals surface area contributed by atoms with Crippen molar-refractivity contribution in [2.75, 3.05) is 19.0 Å². The number of methoxy groups -OCH3 is 1. The largest absolute Gasteiger partial charge is 0.453 e. The predicted octanol–water partition coefficient (Wildman–Crippen LogP) is 4.96. The SMILES string of the molecule is COC(=O)Nc1ccc2[nH]cc(C(C)NS(=O)(=O)c3ccccc3)c2c1.NCCc1c[nH]c2ccc([N+](=O)[O-])cc12. The van der Waals surface area contributed by atoms with E-state index in [1.54, 1.807) is 67.7 Å². The van der Waals surface area contributed by atoms with Crippen molar-refractivity contribution < 1.29 is 22.9 Å². The molecule has 2 aromatic heterocycles. The minimum Gasteiger partial charge on any atom is -0.453 e. The van der Waals surface area contributed by atoms with Crippen molar-refractivity contribution in [3.8, 4) is 0 Å². The van der Waals surface area contributed by atoms with E-state index in [9.17, 15) is 23.3 Å². The van der Waals surface area contributed by atoms with Crippen molar-refractivity contribution in [1.82, 2.24) is 14.7 Å². The fourth-order valence-electron chi connectivity index (χ4n) is 4.35. The van der Waals surface area contributed by atoms with Crippen LogP contribution in [0.3, 0.4) is 0 Å². The molecule has 5 aromatic rings. The van der Waals surface area contributed by atoms with Crippen molar-refractivity contribution in [2.45, 2.75) is 24.3 Å². The Bertz CT molecular complexity index is 1780. The topological polar surface area (TPSA) is 185 Å². The van der Waals surface area contributed by atoms with Crippen LogP contribution in [0.15, 0.2) is 84.0 Å². The average Bonchev–Trinajstić information content (AvgIpc) is 3.57. The molecule has 13 heteroatoms.